The standard InChI is InChI=1S/C23H25NO4/c1-6-24-13-17(16-9-7-15(2)8-10-16)11-19(24)21-18(14-25)12-20(26-3)22(27-4)23(21)28-5/h7-14H,6H2,1-5H3. The first-order valence-corrected chi connectivity index (χ1v) is 9.13. The highest BCUT2D eigenvalue weighted by Crippen LogP contribution is 2.47. The van der Waals surface area contributed by atoms with Crippen LogP contribution in [-0.4, -0.2) is 32.2 Å². The summed E-state index contributed by atoms with van der Waals surface area (Å²) in [6.07, 6.45) is 2.91. The van der Waals surface area contributed by atoms with Gasteiger partial charge in [0.1, 0.15) is 0 Å². The Labute approximate surface area is 165 Å². The molecule has 0 bridgehead atoms. The third kappa shape index (κ3) is 3.36. The Morgan fingerprint density at radius 2 is 1.61 bits per heavy atom. The molecule has 3 rings (SSSR count). The summed E-state index contributed by atoms with van der Waals surface area (Å²) in [7, 11) is 4.66. The lowest BCUT2D eigenvalue weighted by molar-refractivity contribution is 0.112. The summed E-state index contributed by atoms with van der Waals surface area (Å²) < 4.78 is 18.7. The van der Waals surface area contributed by atoms with Gasteiger partial charge in [-0.1, -0.05) is 29.8 Å². The molecule has 146 valence electrons. The Balaban J connectivity index is 2.28. The number of hydrogen-bond donors (Lipinski definition) is 0. The number of nitrogens with zero attached hydrogens (tertiary/aromatic N) is 1. The van der Waals surface area contributed by atoms with Crippen molar-refractivity contribution in [3.05, 3.63) is 53.7 Å². The van der Waals surface area contributed by atoms with Gasteiger partial charge in [0.05, 0.1) is 32.6 Å². The molecule has 5 nitrogen and oxygen atoms in total. The average molecular weight is 379 g/mol. The minimum Gasteiger partial charge on any atom is -0.493 e. The quantitative estimate of drug-likeness (QED) is 0.543. The minimum atomic E-state index is 0.457. The molecule has 0 aliphatic carbocycles. The number of benzene rings is 2. The van der Waals surface area contributed by atoms with Crippen molar-refractivity contribution in [2.24, 2.45) is 0 Å². The molecular formula is C23H25NO4. The third-order valence-corrected chi connectivity index (χ3v) is 4.87. The van der Waals surface area contributed by atoms with Crippen LogP contribution in [0.15, 0.2) is 42.6 Å². The van der Waals surface area contributed by atoms with Crippen LogP contribution in [0.25, 0.3) is 22.4 Å². The molecule has 1 heterocycles. The van der Waals surface area contributed by atoms with Crippen LogP contribution in [0.4, 0.5) is 0 Å². The van der Waals surface area contributed by atoms with E-state index in [1.807, 2.05) is 0 Å². The molecule has 0 aliphatic rings. The van der Waals surface area contributed by atoms with Crippen molar-refractivity contribution in [2.75, 3.05) is 21.3 Å². The molecule has 0 radical (unpaired) electrons. The van der Waals surface area contributed by atoms with Crippen molar-refractivity contribution in [1.29, 1.82) is 0 Å². The second-order valence-corrected chi connectivity index (χ2v) is 6.49. The smallest absolute Gasteiger partial charge is 0.204 e. The maximum absolute atomic E-state index is 11.9. The van der Waals surface area contributed by atoms with Gasteiger partial charge >= 0.3 is 0 Å². The Bertz CT molecular complexity index is 987. The fourth-order valence-electron chi connectivity index (χ4n) is 3.42. The van der Waals surface area contributed by atoms with Gasteiger partial charge in [0.2, 0.25) is 5.75 Å². The molecule has 0 aliphatic heterocycles. The molecule has 0 fully saturated rings. The lowest BCUT2D eigenvalue weighted by Crippen LogP contribution is -2.03. The molecule has 0 saturated carbocycles. The summed E-state index contributed by atoms with van der Waals surface area (Å²) >= 11 is 0. The highest BCUT2D eigenvalue weighted by Gasteiger charge is 2.24. The van der Waals surface area contributed by atoms with Crippen LogP contribution >= 0.6 is 0 Å². The molecular weight excluding hydrogens is 354 g/mol. The van der Waals surface area contributed by atoms with E-state index in [1.54, 1.807) is 20.3 Å². The van der Waals surface area contributed by atoms with E-state index < -0.39 is 0 Å². The SMILES string of the molecule is CCn1cc(-c2ccc(C)cc2)cc1-c1c(C=O)cc(OC)c(OC)c1OC. The van der Waals surface area contributed by atoms with Gasteiger partial charge in [-0.15, -0.1) is 0 Å². The monoisotopic (exact) mass is 379 g/mol. The van der Waals surface area contributed by atoms with Gasteiger partial charge in [-0.2, -0.15) is 0 Å². The van der Waals surface area contributed by atoms with Crippen LogP contribution in [0, 0.1) is 6.92 Å². The molecule has 0 spiro atoms. The third-order valence-electron chi connectivity index (χ3n) is 4.87. The highest BCUT2D eigenvalue weighted by atomic mass is 16.5. The number of carbonyl (C=O) groups is 1. The Hall–Kier alpha value is -3.21. The molecule has 2 aromatic carbocycles. The van der Waals surface area contributed by atoms with E-state index in [2.05, 4.69) is 54.9 Å². The van der Waals surface area contributed by atoms with E-state index in [4.69, 9.17) is 14.2 Å². The van der Waals surface area contributed by atoms with Gasteiger partial charge in [0, 0.05) is 18.3 Å². The van der Waals surface area contributed by atoms with E-state index in [9.17, 15) is 4.79 Å². The van der Waals surface area contributed by atoms with E-state index in [0.717, 1.165) is 29.7 Å². The molecule has 0 unspecified atom stereocenters. The van der Waals surface area contributed by atoms with Crippen molar-refractivity contribution >= 4 is 6.29 Å². The molecule has 0 N–H and O–H groups in total. The molecule has 0 saturated heterocycles. The first-order valence-electron chi connectivity index (χ1n) is 9.13. The fraction of sp³-hybridized carbons (Fsp3) is 0.261. The predicted molar refractivity (Wildman–Crippen MR) is 111 cm³/mol. The van der Waals surface area contributed by atoms with Crippen molar-refractivity contribution in [3.8, 4) is 39.6 Å². The number of carbonyl (C=O) groups excluding carboxylic acids is 1. The first-order chi connectivity index (χ1) is 13.6. The van der Waals surface area contributed by atoms with Crippen LogP contribution in [0.5, 0.6) is 17.2 Å². The lowest BCUT2D eigenvalue weighted by Gasteiger charge is -2.18. The number of methoxy groups -OCH3 is 3. The Morgan fingerprint density at radius 1 is 0.929 bits per heavy atom. The fourth-order valence-corrected chi connectivity index (χ4v) is 3.42. The summed E-state index contributed by atoms with van der Waals surface area (Å²) in [6, 6.07) is 12.1. The van der Waals surface area contributed by atoms with Crippen LogP contribution < -0.4 is 14.2 Å². The van der Waals surface area contributed by atoms with Gasteiger partial charge < -0.3 is 18.8 Å². The van der Waals surface area contributed by atoms with Crippen molar-refractivity contribution in [3.63, 3.8) is 0 Å². The van der Waals surface area contributed by atoms with Crippen molar-refractivity contribution in [1.82, 2.24) is 4.57 Å². The van der Waals surface area contributed by atoms with Gasteiger partial charge in [0.15, 0.2) is 17.8 Å². The summed E-state index contributed by atoms with van der Waals surface area (Å²) in [4.78, 5) is 11.9. The normalized spacial score (nSPS) is 10.6. The summed E-state index contributed by atoms with van der Waals surface area (Å²) in [5, 5.41) is 0. The Morgan fingerprint density at radius 3 is 2.14 bits per heavy atom. The second kappa shape index (κ2) is 8.21. The van der Waals surface area contributed by atoms with Gasteiger partial charge in [-0.05, 0) is 37.1 Å². The van der Waals surface area contributed by atoms with Crippen molar-refractivity contribution in [2.45, 2.75) is 20.4 Å². The zero-order valence-electron chi connectivity index (χ0n) is 16.9. The maximum atomic E-state index is 11.9. The van der Waals surface area contributed by atoms with Crippen LogP contribution in [0.1, 0.15) is 22.8 Å². The second-order valence-electron chi connectivity index (χ2n) is 6.49. The van der Waals surface area contributed by atoms with Gasteiger partial charge in [0.25, 0.3) is 0 Å². The molecule has 1 aromatic heterocycles. The number of rotatable bonds is 7. The number of aromatic nitrogens is 1. The maximum Gasteiger partial charge on any atom is 0.204 e. The molecule has 28 heavy (non-hydrogen) atoms. The van der Waals surface area contributed by atoms with E-state index in [1.165, 1.54) is 12.7 Å². The lowest BCUT2D eigenvalue weighted by atomic mass is 10.0. The summed E-state index contributed by atoms with van der Waals surface area (Å²) in [6.45, 7) is 4.88. The zero-order valence-corrected chi connectivity index (χ0v) is 16.9. The summed E-state index contributed by atoms with van der Waals surface area (Å²) in [5.74, 6) is 1.40. The van der Waals surface area contributed by atoms with Crippen LogP contribution in [0.3, 0.4) is 0 Å². The topological polar surface area (TPSA) is 49.7 Å². The molecule has 3 aromatic rings. The van der Waals surface area contributed by atoms with Gasteiger partial charge in [-0.3, -0.25) is 4.79 Å². The first kappa shape index (κ1) is 19.5. The summed E-state index contributed by atoms with van der Waals surface area (Å²) in [5.41, 5.74) is 5.46. The van der Waals surface area contributed by atoms with E-state index >= 15 is 0 Å². The highest BCUT2D eigenvalue weighted by molar-refractivity contribution is 5.93. The van der Waals surface area contributed by atoms with E-state index in [0.29, 0.717) is 28.4 Å². The van der Waals surface area contributed by atoms with E-state index in [-0.39, 0.29) is 0 Å². The van der Waals surface area contributed by atoms with Gasteiger partial charge in [-0.25, -0.2) is 0 Å². The number of aldehydes is 1. The molecule has 0 amide bonds. The van der Waals surface area contributed by atoms with Crippen LogP contribution in [-0.2, 0) is 6.54 Å². The number of hydrogen-bond acceptors (Lipinski definition) is 4. The Kier molecular flexibility index (Phi) is 5.73. The molecule has 5 heteroatoms. The molecule has 0 atom stereocenters. The number of ether oxygens (including phenoxy) is 3. The average Bonchev–Trinajstić information content (AvgIpc) is 3.16. The predicted octanol–water partition coefficient (Wildman–Crippen LogP) is 4.99. The number of aryl methyl sites for hydroxylation is 2. The van der Waals surface area contributed by atoms with Crippen molar-refractivity contribution < 1.29 is 19.0 Å². The zero-order chi connectivity index (χ0) is 20.3. The van der Waals surface area contributed by atoms with Crippen LogP contribution in [0.2, 0.25) is 0 Å². The minimum absolute atomic E-state index is 0.457. The largest absolute Gasteiger partial charge is 0.493 e.